The minimum absolute atomic E-state index is 0.0185. The normalized spacial score (nSPS) is 11.8. The molecule has 0 aliphatic carbocycles. The SMILES string of the molecule is CC(C)NC(=O)[C@@H](NC(=O)CCc1ccccc1)c1ccccc1. The van der Waals surface area contributed by atoms with Crippen LogP contribution < -0.4 is 10.6 Å². The van der Waals surface area contributed by atoms with Gasteiger partial charge in [-0.25, -0.2) is 0 Å². The molecule has 0 radical (unpaired) electrons. The third-order valence-corrected chi connectivity index (χ3v) is 3.61. The van der Waals surface area contributed by atoms with Crippen LogP contribution in [0.5, 0.6) is 0 Å². The van der Waals surface area contributed by atoms with Crippen LogP contribution in [0.15, 0.2) is 60.7 Å². The number of rotatable bonds is 7. The van der Waals surface area contributed by atoms with Crippen LogP contribution in [0, 0.1) is 0 Å². The maximum absolute atomic E-state index is 12.4. The summed E-state index contributed by atoms with van der Waals surface area (Å²) in [6.07, 6.45) is 1.00. The van der Waals surface area contributed by atoms with E-state index in [9.17, 15) is 9.59 Å². The summed E-state index contributed by atoms with van der Waals surface area (Å²) in [4.78, 5) is 24.7. The molecule has 0 saturated heterocycles. The Bertz CT molecular complexity index is 654. The topological polar surface area (TPSA) is 58.2 Å². The van der Waals surface area contributed by atoms with E-state index in [1.165, 1.54) is 0 Å². The molecule has 0 unspecified atom stereocenters. The third-order valence-electron chi connectivity index (χ3n) is 3.61. The molecule has 2 aromatic carbocycles. The van der Waals surface area contributed by atoms with Gasteiger partial charge in [0.1, 0.15) is 6.04 Å². The lowest BCUT2D eigenvalue weighted by Crippen LogP contribution is -2.42. The van der Waals surface area contributed by atoms with Crippen molar-refractivity contribution in [3.8, 4) is 0 Å². The largest absolute Gasteiger partial charge is 0.352 e. The average Bonchev–Trinajstić information content (AvgIpc) is 2.59. The van der Waals surface area contributed by atoms with Crippen molar-refractivity contribution in [3.63, 3.8) is 0 Å². The second-order valence-corrected chi connectivity index (χ2v) is 6.06. The number of benzene rings is 2. The zero-order valence-electron chi connectivity index (χ0n) is 14.2. The van der Waals surface area contributed by atoms with Crippen molar-refractivity contribution < 1.29 is 9.59 Å². The van der Waals surface area contributed by atoms with Gasteiger partial charge in [0.05, 0.1) is 0 Å². The predicted octanol–water partition coefficient (Wildman–Crippen LogP) is 3.00. The highest BCUT2D eigenvalue weighted by molar-refractivity contribution is 5.88. The molecule has 2 aromatic rings. The van der Waals surface area contributed by atoms with Gasteiger partial charge in [-0.3, -0.25) is 9.59 Å². The molecule has 2 N–H and O–H groups in total. The van der Waals surface area contributed by atoms with E-state index >= 15 is 0 Å². The Hall–Kier alpha value is -2.62. The van der Waals surface area contributed by atoms with Gasteiger partial charge in [0.25, 0.3) is 0 Å². The molecule has 0 saturated carbocycles. The second-order valence-electron chi connectivity index (χ2n) is 6.06. The van der Waals surface area contributed by atoms with E-state index < -0.39 is 6.04 Å². The highest BCUT2D eigenvalue weighted by Crippen LogP contribution is 2.14. The molecule has 4 heteroatoms. The molecule has 0 heterocycles. The summed E-state index contributed by atoms with van der Waals surface area (Å²) in [6, 6.07) is 18.5. The van der Waals surface area contributed by atoms with Crippen LogP contribution in [0.4, 0.5) is 0 Å². The monoisotopic (exact) mass is 324 g/mol. The fraction of sp³-hybridized carbons (Fsp3) is 0.300. The zero-order chi connectivity index (χ0) is 17.4. The Kier molecular flexibility index (Phi) is 6.55. The number of amides is 2. The molecular formula is C20H24N2O2. The summed E-state index contributed by atoms with van der Waals surface area (Å²) in [5.74, 6) is -0.323. The first-order valence-corrected chi connectivity index (χ1v) is 8.25. The molecule has 0 aromatic heterocycles. The van der Waals surface area contributed by atoms with Crippen LogP contribution in [0.2, 0.25) is 0 Å². The van der Waals surface area contributed by atoms with Gasteiger partial charge in [-0.1, -0.05) is 60.7 Å². The number of hydrogen-bond acceptors (Lipinski definition) is 2. The Balaban J connectivity index is 2.02. The summed E-state index contributed by atoms with van der Waals surface area (Å²) in [6.45, 7) is 3.80. The predicted molar refractivity (Wildman–Crippen MR) is 95.4 cm³/mol. The van der Waals surface area contributed by atoms with Gasteiger partial charge in [0, 0.05) is 12.5 Å². The van der Waals surface area contributed by atoms with Crippen LogP contribution in [-0.2, 0) is 16.0 Å². The lowest BCUT2D eigenvalue weighted by atomic mass is 10.0. The molecule has 1 atom stereocenters. The van der Waals surface area contributed by atoms with Crippen LogP contribution in [0.1, 0.15) is 37.4 Å². The van der Waals surface area contributed by atoms with Crippen LogP contribution in [0.3, 0.4) is 0 Å². The molecule has 0 aliphatic heterocycles. The number of carbonyl (C=O) groups is 2. The number of nitrogens with one attached hydrogen (secondary N) is 2. The first-order chi connectivity index (χ1) is 11.6. The maximum atomic E-state index is 12.4. The van der Waals surface area contributed by atoms with E-state index in [-0.39, 0.29) is 17.9 Å². The van der Waals surface area contributed by atoms with E-state index in [1.54, 1.807) is 0 Å². The van der Waals surface area contributed by atoms with Crippen molar-refractivity contribution in [1.29, 1.82) is 0 Å². The highest BCUT2D eigenvalue weighted by Gasteiger charge is 2.22. The third kappa shape index (κ3) is 5.54. The van der Waals surface area contributed by atoms with E-state index in [0.29, 0.717) is 12.8 Å². The Labute approximate surface area is 143 Å². The van der Waals surface area contributed by atoms with E-state index in [2.05, 4.69) is 10.6 Å². The standard InChI is InChI=1S/C20H24N2O2/c1-15(2)21-20(24)19(17-11-7-4-8-12-17)22-18(23)14-13-16-9-5-3-6-10-16/h3-12,15,19H,13-14H2,1-2H3,(H,21,24)(H,22,23)/t19-/m0/s1. The molecule has 126 valence electrons. The van der Waals surface area contributed by atoms with Gasteiger partial charge in [0.2, 0.25) is 11.8 Å². The van der Waals surface area contributed by atoms with Crippen molar-refractivity contribution in [2.75, 3.05) is 0 Å². The molecule has 0 bridgehead atoms. The van der Waals surface area contributed by atoms with Crippen molar-refractivity contribution in [2.24, 2.45) is 0 Å². The van der Waals surface area contributed by atoms with E-state index in [4.69, 9.17) is 0 Å². The molecule has 0 fully saturated rings. The number of hydrogen-bond donors (Lipinski definition) is 2. The zero-order valence-corrected chi connectivity index (χ0v) is 14.2. The summed E-state index contributed by atoms with van der Waals surface area (Å²) in [5.41, 5.74) is 1.89. The van der Waals surface area contributed by atoms with Gasteiger partial charge in [-0.05, 0) is 31.4 Å². The summed E-state index contributed by atoms with van der Waals surface area (Å²) in [7, 11) is 0. The number of aryl methyl sites for hydroxylation is 1. The lowest BCUT2D eigenvalue weighted by Gasteiger charge is -2.20. The number of carbonyl (C=O) groups excluding carboxylic acids is 2. The molecule has 0 aliphatic rings. The fourth-order valence-corrected chi connectivity index (χ4v) is 2.45. The average molecular weight is 324 g/mol. The van der Waals surface area contributed by atoms with Crippen LogP contribution >= 0.6 is 0 Å². The summed E-state index contributed by atoms with van der Waals surface area (Å²) < 4.78 is 0. The molecule has 24 heavy (non-hydrogen) atoms. The molecule has 2 rings (SSSR count). The van der Waals surface area contributed by atoms with Crippen molar-refractivity contribution in [2.45, 2.75) is 38.8 Å². The van der Waals surface area contributed by atoms with Gasteiger partial charge < -0.3 is 10.6 Å². The Morgan fingerprint density at radius 3 is 2.04 bits per heavy atom. The first kappa shape index (κ1) is 17.7. The minimum Gasteiger partial charge on any atom is -0.352 e. The Morgan fingerprint density at radius 2 is 1.46 bits per heavy atom. The van der Waals surface area contributed by atoms with E-state index in [0.717, 1.165) is 11.1 Å². The smallest absolute Gasteiger partial charge is 0.247 e. The van der Waals surface area contributed by atoms with Crippen LogP contribution in [-0.4, -0.2) is 17.9 Å². The van der Waals surface area contributed by atoms with Crippen molar-refractivity contribution in [1.82, 2.24) is 10.6 Å². The first-order valence-electron chi connectivity index (χ1n) is 8.25. The van der Waals surface area contributed by atoms with Gasteiger partial charge in [-0.15, -0.1) is 0 Å². The fourth-order valence-electron chi connectivity index (χ4n) is 2.45. The van der Waals surface area contributed by atoms with Crippen molar-refractivity contribution in [3.05, 3.63) is 71.8 Å². The second kappa shape index (κ2) is 8.87. The minimum atomic E-state index is -0.670. The molecule has 2 amide bonds. The highest BCUT2D eigenvalue weighted by atomic mass is 16.2. The quantitative estimate of drug-likeness (QED) is 0.822. The summed E-state index contributed by atoms with van der Waals surface area (Å²) >= 11 is 0. The van der Waals surface area contributed by atoms with Gasteiger partial charge >= 0.3 is 0 Å². The maximum Gasteiger partial charge on any atom is 0.247 e. The summed E-state index contributed by atoms with van der Waals surface area (Å²) in [5, 5.41) is 5.72. The molecular weight excluding hydrogens is 300 g/mol. The Morgan fingerprint density at radius 1 is 0.875 bits per heavy atom. The van der Waals surface area contributed by atoms with E-state index in [1.807, 2.05) is 74.5 Å². The van der Waals surface area contributed by atoms with Gasteiger partial charge in [0.15, 0.2) is 0 Å². The van der Waals surface area contributed by atoms with Crippen molar-refractivity contribution >= 4 is 11.8 Å². The van der Waals surface area contributed by atoms with Gasteiger partial charge in [-0.2, -0.15) is 0 Å². The molecule has 4 nitrogen and oxygen atoms in total. The lowest BCUT2D eigenvalue weighted by molar-refractivity contribution is -0.129. The van der Waals surface area contributed by atoms with Crippen LogP contribution in [0.25, 0.3) is 0 Å². The molecule has 0 spiro atoms.